The van der Waals surface area contributed by atoms with Crippen molar-refractivity contribution in [1.82, 2.24) is 9.97 Å². The molecule has 14 heavy (non-hydrogen) atoms. The fourth-order valence-corrected chi connectivity index (χ4v) is 0.810. The number of rotatable bonds is 1. The highest BCUT2D eigenvalue weighted by atomic mass is 19.4. The third kappa shape index (κ3) is 2.73. The summed E-state index contributed by atoms with van der Waals surface area (Å²) in [4.78, 5) is 7.02. The zero-order valence-electron chi connectivity index (χ0n) is 7.39. The van der Waals surface area contributed by atoms with E-state index in [1.165, 1.54) is 0 Å². The molecule has 0 aliphatic rings. The second-order valence-electron chi connectivity index (χ2n) is 2.46. The summed E-state index contributed by atoms with van der Waals surface area (Å²) in [6.07, 6.45) is -3.19. The van der Waals surface area contributed by atoms with Crippen molar-refractivity contribution in [3.8, 4) is 11.8 Å². The van der Waals surface area contributed by atoms with Crippen LogP contribution in [-0.2, 0) is 12.6 Å². The third-order valence-corrected chi connectivity index (χ3v) is 1.42. The number of nitrogens with zero attached hydrogens (tertiary/aromatic N) is 2. The van der Waals surface area contributed by atoms with E-state index in [0.717, 1.165) is 12.3 Å². The van der Waals surface area contributed by atoms with E-state index in [1.807, 2.05) is 0 Å². The summed E-state index contributed by atoms with van der Waals surface area (Å²) in [5.41, 5.74) is -0.930. The van der Waals surface area contributed by atoms with Gasteiger partial charge >= 0.3 is 6.18 Å². The van der Waals surface area contributed by atoms with Crippen molar-refractivity contribution in [3.05, 3.63) is 23.8 Å². The van der Waals surface area contributed by atoms with Gasteiger partial charge in [0.2, 0.25) is 0 Å². The average molecular weight is 200 g/mol. The molecule has 1 aromatic rings. The van der Waals surface area contributed by atoms with E-state index in [1.54, 1.807) is 6.92 Å². The molecule has 0 aliphatic carbocycles. The summed E-state index contributed by atoms with van der Waals surface area (Å²) < 4.78 is 36.5. The molecule has 0 aromatic carbocycles. The highest BCUT2D eigenvalue weighted by Gasteiger charge is 2.32. The van der Waals surface area contributed by atoms with Gasteiger partial charge < -0.3 is 0 Å². The van der Waals surface area contributed by atoms with Crippen molar-refractivity contribution >= 4 is 0 Å². The van der Waals surface area contributed by atoms with E-state index in [2.05, 4.69) is 21.8 Å². The van der Waals surface area contributed by atoms with E-state index >= 15 is 0 Å². The van der Waals surface area contributed by atoms with Gasteiger partial charge in [-0.2, -0.15) is 13.2 Å². The zero-order chi connectivity index (χ0) is 10.6. The van der Waals surface area contributed by atoms with Gasteiger partial charge in [0, 0.05) is 6.20 Å². The Morgan fingerprint density at radius 3 is 2.71 bits per heavy atom. The first-order valence-corrected chi connectivity index (χ1v) is 3.83. The predicted octanol–water partition coefficient (Wildman–Crippen LogP) is 2.06. The highest BCUT2D eigenvalue weighted by molar-refractivity contribution is 5.10. The summed E-state index contributed by atoms with van der Waals surface area (Å²) in [5.74, 6) is 5.26. The van der Waals surface area contributed by atoms with E-state index in [9.17, 15) is 13.2 Å². The number of alkyl halides is 3. The number of hydrogen-bond acceptors (Lipinski definition) is 2. The molecule has 1 heterocycles. The first kappa shape index (κ1) is 10.5. The van der Waals surface area contributed by atoms with Gasteiger partial charge in [0.1, 0.15) is 11.5 Å². The Morgan fingerprint density at radius 1 is 1.43 bits per heavy atom. The van der Waals surface area contributed by atoms with Crippen LogP contribution in [0.2, 0.25) is 0 Å². The van der Waals surface area contributed by atoms with Gasteiger partial charge in [-0.3, -0.25) is 0 Å². The van der Waals surface area contributed by atoms with E-state index in [-0.39, 0.29) is 12.2 Å². The second-order valence-corrected chi connectivity index (χ2v) is 2.46. The van der Waals surface area contributed by atoms with Crippen LogP contribution in [0.15, 0.2) is 12.3 Å². The van der Waals surface area contributed by atoms with Crippen LogP contribution in [0.5, 0.6) is 0 Å². The molecule has 1 aromatic heterocycles. The van der Waals surface area contributed by atoms with Crippen molar-refractivity contribution in [2.24, 2.45) is 0 Å². The largest absolute Gasteiger partial charge is 0.433 e. The van der Waals surface area contributed by atoms with Gasteiger partial charge in [-0.1, -0.05) is 5.92 Å². The number of hydrogen-bond donors (Lipinski definition) is 0. The predicted molar refractivity (Wildman–Crippen MR) is 44.2 cm³/mol. The lowest BCUT2D eigenvalue weighted by Gasteiger charge is -2.05. The Kier molecular flexibility index (Phi) is 3.07. The Balaban J connectivity index is 2.93. The lowest BCUT2D eigenvalue weighted by Crippen LogP contribution is -2.10. The zero-order valence-corrected chi connectivity index (χ0v) is 7.39. The third-order valence-electron chi connectivity index (χ3n) is 1.42. The second kappa shape index (κ2) is 4.09. The minimum atomic E-state index is -4.42. The summed E-state index contributed by atoms with van der Waals surface area (Å²) in [6, 6.07) is 0.836. The molecule has 1 rings (SSSR count). The highest BCUT2D eigenvalue weighted by Crippen LogP contribution is 2.26. The van der Waals surface area contributed by atoms with Gasteiger partial charge in [-0.05, 0) is 13.0 Å². The molecular weight excluding hydrogens is 193 g/mol. The van der Waals surface area contributed by atoms with Crippen molar-refractivity contribution in [2.45, 2.75) is 19.5 Å². The van der Waals surface area contributed by atoms with Gasteiger partial charge in [-0.15, -0.1) is 5.92 Å². The van der Waals surface area contributed by atoms with E-state index in [4.69, 9.17) is 0 Å². The molecular formula is C9H7F3N2. The van der Waals surface area contributed by atoms with Gasteiger partial charge in [0.25, 0.3) is 0 Å². The molecule has 0 saturated carbocycles. The minimum Gasteiger partial charge on any atom is -0.240 e. The van der Waals surface area contributed by atoms with Gasteiger partial charge in [-0.25, -0.2) is 9.97 Å². The summed E-state index contributed by atoms with van der Waals surface area (Å²) in [7, 11) is 0. The molecule has 74 valence electrons. The molecule has 2 nitrogen and oxygen atoms in total. The first-order chi connectivity index (χ1) is 6.54. The number of halogens is 3. The van der Waals surface area contributed by atoms with Crippen molar-refractivity contribution < 1.29 is 13.2 Å². The molecule has 0 atom stereocenters. The topological polar surface area (TPSA) is 25.8 Å². The number of aromatic nitrogens is 2. The lowest BCUT2D eigenvalue weighted by atomic mass is 10.3. The SMILES string of the molecule is CC#CCc1nccc(C(F)(F)F)n1. The van der Waals surface area contributed by atoms with Crippen molar-refractivity contribution in [2.75, 3.05) is 0 Å². The quantitative estimate of drug-likeness (QED) is 0.648. The standard InChI is InChI=1S/C9H7F3N2/c1-2-3-4-8-13-6-5-7(14-8)9(10,11)12/h5-6H,4H2,1H3. The maximum absolute atomic E-state index is 12.2. The molecule has 0 bridgehead atoms. The minimum absolute atomic E-state index is 0.0918. The lowest BCUT2D eigenvalue weighted by molar-refractivity contribution is -0.141. The van der Waals surface area contributed by atoms with Crippen LogP contribution in [0.25, 0.3) is 0 Å². The molecule has 0 fully saturated rings. The Morgan fingerprint density at radius 2 is 2.14 bits per heavy atom. The molecule has 0 radical (unpaired) electrons. The van der Waals surface area contributed by atoms with E-state index < -0.39 is 11.9 Å². The molecule has 0 N–H and O–H groups in total. The molecule has 0 spiro atoms. The monoisotopic (exact) mass is 200 g/mol. The van der Waals surface area contributed by atoms with Gasteiger partial charge in [0.05, 0.1) is 6.42 Å². The fourth-order valence-electron chi connectivity index (χ4n) is 0.810. The fraction of sp³-hybridized carbons (Fsp3) is 0.333. The van der Waals surface area contributed by atoms with Crippen LogP contribution in [-0.4, -0.2) is 9.97 Å². The summed E-state index contributed by atoms with van der Waals surface area (Å²) in [6.45, 7) is 1.60. The molecule has 0 unspecified atom stereocenters. The van der Waals surface area contributed by atoms with E-state index in [0.29, 0.717) is 0 Å². The Labute approximate surface area is 79.2 Å². The molecule has 0 aliphatic heterocycles. The maximum atomic E-state index is 12.2. The van der Waals surface area contributed by atoms with Crippen LogP contribution in [0.3, 0.4) is 0 Å². The van der Waals surface area contributed by atoms with Crippen molar-refractivity contribution in [1.29, 1.82) is 0 Å². The first-order valence-electron chi connectivity index (χ1n) is 3.83. The normalized spacial score (nSPS) is 10.6. The van der Waals surface area contributed by atoms with Crippen LogP contribution in [0.4, 0.5) is 13.2 Å². The van der Waals surface area contributed by atoms with Crippen molar-refractivity contribution in [3.63, 3.8) is 0 Å². The Bertz CT molecular complexity index is 374. The van der Waals surface area contributed by atoms with Crippen LogP contribution < -0.4 is 0 Å². The van der Waals surface area contributed by atoms with Crippen LogP contribution in [0, 0.1) is 11.8 Å². The summed E-state index contributed by atoms with van der Waals surface area (Å²) in [5, 5.41) is 0. The maximum Gasteiger partial charge on any atom is 0.433 e. The smallest absolute Gasteiger partial charge is 0.240 e. The molecule has 0 saturated heterocycles. The Hall–Kier alpha value is -1.57. The van der Waals surface area contributed by atoms with Crippen LogP contribution in [0.1, 0.15) is 18.4 Å². The summed E-state index contributed by atoms with van der Waals surface area (Å²) >= 11 is 0. The molecule has 5 heteroatoms. The molecule has 0 amide bonds. The van der Waals surface area contributed by atoms with Gasteiger partial charge in [0.15, 0.2) is 0 Å². The van der Waals surface area contributed by atoms with Crippen LogP contribution >= 0.6 is 0 Å². The average Bonchev–Trinajstić information content (AvgIpc) is 2.14.